The molecule has 148 valence electrons. The average molecular weight is 384 g/mol. The van der Waals surface area contributed by atoms with Gasteiger partial charge in [-0.05, 0) is 68.3 Å². The van der Waals surface area contributed by atoms with Crippen molar-refractivity contribution in [1.29, 1.82) is 0 Å². The van der Waals surface area contributed by atoms with Gasteiger partial charge in [0.15, 0.2) is 0 Å². The largest absolute Gasteiger partial charge is 0.497 e. The number of benzene rings is 2. The molecular formula is C22H24O6. The van der Waals surface area contributed by atoms with Crippen molar-refractivity contribution < 1.29 is 28.5 Å². The molecule has 0 aliphatic rings. The van der Waals surface area contributed by atoms with Crippen molar-refractivity contribution in [2.75, 3.05) is 20.3 Å². The zero-order valence-electron chi connectivity index (χ0n) is 16.1. The lowest BCUT2D eigenvalue weighted by atomic mass is 10.2. The molecule has 6 nitrogen and oxygen atoms in total. The van der Waals surface area contributed by atoms with Crippen molar-refractivity contribution in [1.82, 2.24) is 0 Å². The van der Waals surface area contributed by atoms with Crippen molar-refractivity contribution in [3.05, 3.63) is 66.2 Å². The second kappa shape index (κ2) is 10.8. The van der Waals surface area contributed by atoms with E-state index >= 15 is 0 Å². The van der Waals surface area contributed by atoms with Gasteiger partial charge in [0.05, 0.1) is 25.9 Å². The standard InChI is InChI=1S/C22H24O6/c1-16(2)21(23)27-15-5-4-14-26-19-10-12-20(13-11-19)28-22(24)17-6-8-18(25-3)9-7-17/h6-13H,1,4-5,14-15H2,2-3H3. The van der Waals surface area contributed by atoms with Crippen LogP contribution in [0, 0.1) is 0 Å². The van der Waals surface area contributed by atoms with Gasteiger partial charge in [-0.2, -0.15) is 0 Å². The van der Waals surface area contributed by atoms with Crippen LogP contribution in [0.1, 0.15) is 30.1 Å². The van der Waals surface area contributed by atoms with Crippen LogP contribution in [0.25, 0.3) is 0 Å². The van der Waals surface area contributed by atoms with Gasteiger partial charge in [-0.1, -0.05) is 6.58 Å². The summed E-state index contributed by atoms with van der Waals surface area (Å²) in [6, 6.07) is 13.5. The maximum Gasteiger partial charge on any atom is 0.343 e. The van der Waals surface area contributed by atoms with Gasteiger partial charge in [-0.25, -0.2) is 9.59 Å². The molecule has 2 aromatic rings. The molecule has 0 fully saturated rings. The Morgan fingerprint density at radius 1 is 0.857 bits per heavy atom. The van der Waals surface area contributed by atoms with Gasteiger partial charge in [-0.15, -0.1) is 0 Å². The van der Waals surface area contributed by atoms with Gasteiger partial charge in [0.1, 0.15) is 17.2 Å². The molecule has 28 heavy (non-hydrogen) atoms. The molecule has 0 aromatic heterocycles. The van der Waals surface area contributed by atoms with Crippen molar-refractivity contribution in [2.24, 2.45) is 0 Å². The van der Waals surface area contributed by atoms with E-state index in [1.807, 2.05) is 0 Å². The summed E-state index contributed by atoms with van der Waals surface area (Å²) < 4.78 is 21.0. The molecule has 0 aliphatic carbocycles. The van der Waals surface area contributed by atoms with Gasteiger partial charge in [-0.3, -0.25) is 0 Å². The minimum Gasteiger partial charge on any atom is -0.497 e. The average Bonchev–Trinajstić information content (AvgIpc) is 2.71. The van der Waals surface area contributed by atoms with Crippen LogP contribution in [-0.4, -0.2) is 32.3 Å². The molecule has 0 N–H and O–H groups in total. The zero-order valence-corrected chi connectivity index (χ0v) is 16.1. The summed E-state index contributed by atoms with van der Waals surface area (Å²) in [4.78, 5) is 23.4. The first kappa shape index (κ1) is 21.0. The molecule has 2 rings (SSSR count). The highest BCUT2D eigenvalue weighted by Gasteiger charge is 2.09. The van der Waals surface area contributed by atoms with E-state index in [-0.39, 0.29) is 5.97 Å². The third kappa shape index (κ3) is 6.79. The summed E-state index contributed by atoms with van der Waals surface area (Å²) in [7, 11) is 1.56. The second-order valence-corrected chi connectivity index (χ2v) is 6.06. The molecule has 2 aromatic carbocycles. The van der Waals surface area contributed by atoms with Crippen LogP contribution in [0.3, 0.4) is 0 Å². The maximum atomic E-state index is 12.1. The van der Waals surface area contributed by atoms with Crippen molar-refractivity contribution in [2.45, 2.75) is 19.8 Å². The lowest BCUT2D eigenvalue weighted by Crippen LogP contribution is -2.08. The van der Waals surface area contributed by atoms with E-state index in [0.29, 0.717) is 48.0 Å². The summed E-state index contributed by atoms with van der Waals surface area (Å²) in [5.74, 6) is 0.955. The molecule has 0 saturated heterocycles. The van der Waals surface area contributed by atoms with Crippen LogP contribution in [0.15, 0.2) is 60.7 Å². The fraction of sp³-hybridized carbons (Fsp3) is 0.273. The Bertz CT molecular complexity index is 793. The third-order valence-electron chi connectivity index (χ3n) is 3.75. The molecule has 0 amide bonds. The summed E-state index contributed by atoms with van der Waals surface area (Å²) in [6.45, 7) is 5.98. The molecule has 6 heteroatoms. The number of carbonyl (C=O) groups is 2. The zero-order chi connectivity index (χ0) is 20.4. The second-order valence-electron chi connectivity index (χ2n) is 6.06. The molecule has 0 radical (unpaired) electrons. The Morgan fingerprint density at radius 3 is 2.04 bits per heavy atom. The van der Waals surface area contributed by atoms with Crippen LogP contribution in [0.5, 0.6) is 17.2 Å². The Labute approximate surface area is 164 Å². The van der Waals surface area contributed by atoms with Crippen LogP contribution in [0.2, 0.25) is 0 Å². The van der Waals surface area contributed by atoms with Crippen molar-refractivity contribution in [3.8, 4) is 17.2 Å². The SMILES string of the molecule is C=C(C)C(=O)OCCCCOc1ccc(OC(=O)c2ccc(OC)cc2)cc1. The highest BCUT2D eigenvalue weighted by Crippen LogP contribution is 2.20. The number of carbonyl (C=O) groups excluding carboxylic acids is 2. The van der Waals surface area contributed by atoms with Gasteiger partial charge in [0.25, 0.3) is 0 Å². The highest BCUT2D eigenvalue weighted by atomic mass is 16.5. The Balaban J connectivity index is 1.71. The monoisotopic (exact) mass is 384 g/mol. The summed E-state index contributed by atoms with van der Waals surface area (Å²) >= 11 is 0. The first-order chi connectivity index (χ1) is 13.5. The number of hydrogen-bond donors (Lipinski definition) is 0. The van der Waals surface area contributed by atoms with E-state index in [0.717, 1.165) is 6.42 Å². The van der Waals surface area contributed by atoms with Crippen LogP contribution >= 0.6 is 0 Å². The molecule has 0 atom stereocenters. The number of methoxy groups -OCH3 is 1. The molecule has 0 saturated carbocycles. The summed E-state index contributed by atoms with van der Waals surface area (Å²) in [6.07, 6.45) is 1.45. The Morgan fingerprint density at radius 2 is 1.43 bits per heavy atom. The lowest BCUT2D eigenvalue weighted by molar-refractivity contribution is -0.139. The topological polar surface area (TPSA) is 71.1 Å². The van der Waals surface area contributed by atoms with Gasteiger partial charge >= 0.3 is 11.9 Å². The summed E-state index contributed by atoms with van der Waals surface area (Å²) in [5.41, 5.74) is 0.831. The maximum absolute atomic E-state index is 12.1. The molecular weight excluding hydrogens is 360 g/mol. The van der Waals surface area contributed by atoms with E-state index in [4.69, 9.17) is 18.9 Å². The molecule has 0 bridgehead atoms. The molecule has 0 unspecified atom stereocenters. The van der Waals surface area contributed by atoms with Crippen molar-refractivity contribution >= 4 is 11.9 Å². The lowest BCUT2D eigenvalue weighted by Gasteiger charge is -2.08. The fourth-order valence-electron chi connectivity index (χ4n) is 2.18. The first-order valence-electron chi connectivity index (χ1n) is 8.91. The van der Waals surface area contributed by atoms with Crippen LogP contribution in [0.4, 0.5) is 0 Å². The highest BCUT2D eigenvalue weighted by molar-refractivity contribution is 5.91. The molecule has 0 spiro atoms. The quantitative estimate of drug-likeness (QED) is 0.265. The van der Waals surface area contributed by atoms with E-state index in [1.54, 1.807) is 62.6 Å². The third-order valence-corrected chi connectivity index (χ3v) is 3.75. The smallest absolute Gasteiger partial charge is 0.343 e. The predicted molar refractivity (Wildman–Crippen MR) is 105 cm³/mol. The Kier molecular flexibility index (Phi) is 8.09. The van der Waals surface area contributed by atoms with E-state index < -0.39 is 5.97 Å². The predicted octanol–water partition coefficient (Wildman–Crippen LogP) is 4.19. The normalized spacial score (nSPS) is 10.1. The van der Waals surface area contributed by atoms with Crippen molar-refractivity contribution in [3.63, 3.8) is 0 Å². The number of unbranched alkanes of at least 4 members (excludes halogenated alkanes) is 1. The summed E-state index contributed by atoms with van der Waals surface area (Å²) in [5, 5.41) is 0. The molecule has 0 heterocycles. The minimum atomic E-state index is -0.444. The first-order valence-corrected chi connectivity index (χ1v) is 8.91. The van der Waals surface area contributed by atoms with Crippen LogP contribution in [-0.2, 0) is 9.53 Å². The van der Waals surface area contributed by atoms with Gasteiger partial charge in [0, 0.05) is 5.57 Å². The Hall–Kier alpha value is -3.28. The van der Waals surface area contributed by atoms with E-state index in [2.05, 4.69) is 6.58 Å². The van der Waals surface area contributed by atoms with Crippen LogP contribution < -0.4 is 14.2 Å². The number of hydrogen-bond acceptors (Lipinski definition) is 6. The van der Waals surface area contributed by atoms with E-state index in [1.165, 1.54) is 0 Å². The minimum absolute atomic E-state index is 0.343. The number of esters is 2. The fourth-order valence-corrected chi connectivity index (χ4v) is 2.18. The van der Waals surface area contributed by atoms with Gasteiger partial charge in [0.2, 0.25) is 0 Å². The molecule has 0 aliphatic heterocycles. The number of rotatable bonds is 10. The van der Waals surface area contributed by atoms with E-state index in [9.17, 15) is 9.59 Å². The number of ether oxygens (including phenoxy) is 4. The van der Waals surface area contributed by atoms with Gasteiger partial charge < -0.3 is 18.9 Å².